The molecule has 1 saturated heterocycles. The molecular weight excluding hydrogens is 312 g/mol. The molecule has 1 saturated carbocycles. The van der Waals surface area contributed by atoms with Crippen molar-refractivity contribution in [1.82, 2.24) is 19.8 Å². The molecule has 0 radical (unpaired) electrons. The number of nitrogens with zero attached hydrogens (tertiary/aromatic N) is 3. The van der Waals surface area contributed by atoms with E-state index in [1.54, 1.807) is 0 Å². The van der Waals surface area contributed by atoms with Crippen molar-refractivity contribution in [3.8, 4) is 0 Å². The second-order valence-electron chi connectivity index (χ2n) is 7.35. The van der Waals surface area contributed by atoms with Gasteiger partial charge in [0.15, 0.2) is 0 Å². The van der Waals surface area contributed by atoms with Crippen LogP contribution in [0.25, 0.3) is 0 Å². The van der Waals surface area contributed by atoms with Crippen molar-refractivity contribution in [2.24, 2.45) is 13.0 Å². The van der Waals surface area contributed by atoms with Gasteiger partial charge in [0.25, 0.3) is 0 Å². The maximum absolute atomic E-state index is 12.9. The minimum absolute atomic E-state index is 0.0475. The van der Waals surface area contributed by atoms with Gasteiger partial charge < -0.3 is 14.8 Å². The van der Waals surface area contributed by atoms with E-state index in [2.05, 4.69) is 40.6 Å². The summed E-state index contributed by atoms with van der Waals surface area (Å²) in [5, 5.41) is 3.40. The summed E-state index contributed by atoms with van der Waals surface area (Å²) in [5.74, 6) is 2.41. The van der Waals surface area contributed by atoms with Crippen molar-refractivity contribution in [2.45, 2.75) is 31.2 Å². The molecule has 1 aromatic heterocycles. The molecule has 5 nitrogen and oxygen atoms in total. The van der Waals surface area contributed by atoms with E-state index < -0.39 is 0 Å². The molecule has 4 rings (SSSR count). The highest BCUT2D eigenvalue weighted by Gasteiger charge is 2.36. The van der Waals surface area contributed by atoms with Crippen LogP contribution in [0.2, 0.25) is 0 Å². The predicted octanol–water partition coefficient (Wildman–Crippen LogP) is 2.48. The SMILES string of the molecule is Cn1ccnc1C1CNCCN1C(=O)CC1CC(c2ccccc2)C1. The largest absolute Gasteiger partial charge is 0.336 e. The molecule has 0 bridgehead atoms. The summed E-state index contributed by atoms with van der Waals surface area (Å²) < 4.78 is 2.02. The van der Waals surface area contributed by atoms with Crippen molar-refractivity contribution in [3.05, 3.63) is 54.1 Å². The number of aryl methyl sites for hydroxylation is 1. The zero-order valence-corrected chi connectivity index (χ0v) is 14.8. The topological polar surface area (TPSA) is 50.2 Å². The number of hydrogen-bond acceptors (Lipinski definition) is 3. The number of imidazole rings is 1. The Bertz CT molecular complexity index is 720. The number of amides is 1. The van der Waals surface area contributed by atoms with Crippen LogP contribution in [0.3, 0.4) is 0 Å². The maximum atomic E-state index is 12.9. The molecule has 2 fully saturated rings. The number of rotatable bonds is 4. The van der Waals surface area contributed by atoms with E-state index in [9.17, 15) is 4.79 Å². The third-order valence-electron chi connectivity index (χ3n) is 5.69. The highest BCUT2D eigenvalue weighted by Crippen LogP contribution is 2.43. The van der Waals surface area contributed by atoms with Crippen LogP contribution in [0.5, 0.6) is 0 Å². The van der Waals surface area contributed by atoms with E-state index in [0.717, 1.165) is 38.3 Å². The lowest BCUT2D eigenvalue weighted by molar-refractivity contribution is -0.136. The fourth-order valence-electron chi connectivity index (χ4n) is 4.20. The molecule has 2 aliphatic rings. The van der Waals surface area contributed by atoms with Crippen LogP contribution in [0.1, 0.15) is 42.6 Å². The van der Waals surface area contributed by atoms with E-state index >= 15 is 0 Å². The van der Waals surface area contributed by atoms with Gasteiger partial charge in [0, 0.05) is 45.5 Å². The average Bonchev–Trinajstić information content (AvgIpc) is 3.04. The first-order valence-corrected chi connectivity index (χ1v) is 9.24. The molecule has 2 aromatic rings. The normalized spacial score (nSPS) is 26.3. The molecule has 132 valence electrons. The average molecular weight is 338 g/mol. The second kappa shape index (κ2) is 7.00. The summed E-state index contributed by atoms with van der Waals surface area (Å²) in [5.41, 5.74) is 1.42. The van der Waals surface area contributed by atoms with Crippen LogP contribution in [0.4, 0.5) is 0 Å². The molecule has 1 atom stereocenters. The van der Waals surface area contributed by atoms with Gasteiger partial charge in [0.1, 0.15) is 11.9 Å². The minimum Gasteiger partial charge on any atom is -0.336 e. The summed E-state index contributed by atoms with van der Waals surface area (Å²) in [6, 6.07) is 10.7. The number of carbonyl (C=O) groups is 1. The summed E-state index contributed by atoms with van der Waals surface area (Å²) in [4.78, 5) is 19.4. The molecule has 1 aromatic carbocycles. The highest BCUT2D eigenvalue weighted by atomic mass is 16.2. The van der Waals surface area contributed by atoms with Crippen LogP contribution in [-0.2, 0) is 11.8 Å². The van der Waals surface area contributed by atoms with Crippen molar-refractivity contribution in [1.29, 1.82) is 0 Å². The van der Waals surface area contributed by atoms with Gasteiger partial charge in [-0.15, -0.1) is 0 Å². The zero-order chi connectivity index (χ0) is 17.2. The molecule has 25 heavy (non-hydrogen) atoms. The number of carbonyl (C=O) groups excluding carboxylic acids is 1. The smallest absolute Gasteiger partial charge is 0.223 e. The van der Waals surface area contributed by atoms with E-state index in [4.69, 9.17) is 0 Å². The Morgan fingerprint density at radius 2 is 2.08 bits per heavy atom. The van der Waals surface area contributed by atoms with Crippen molar-refractivity contribution in [2.75, 3.05) is 19.6 Å². The molecule has 0 spiro atoms. The molecule has 1 aliphatic heterocycles. The summed E-state index contributed by atoms with van der Waals surface area (Å²) in [7, 11) is 2.00. The summed E-state index contributed by atoms with van der Waals surface area (Å²) >= 11 is 0. The van der Waals surface area contributed by atoms with Crippen molar-refractivity contribution in [3.63, 3.8) is 0 Å². The Kier molecular flexibility index (Phi) is 4.57. The first kappa shape index (κ1) is 16.3. The van der Waals surface area contributed by atoms with E-state index in [1.807, 2.05) is 28.9 Å². The lowest BCUT2D eigenvalue weighted by atomic mass is 9.70. The maximum Gasteiger partial charge on any atom is 0.223 e. The molecule has 1 amide bonds. The third-order valence-corrected chi connectivity index (χ3v) is 5.69. The van der Waals surface area contributed by atoms with Crippen molar-refractivity contribution < 1.29 is 4.79 Å². The molecule has 2 heterocycles. The lowest BCUT2D eigenvalue weighted by Gasteiger charge is -2.40. The van der Waals surface area contributed by atoms with Crippen LogP contribution in [0.15, 0.2) is 42.7 Å². The minimum atomic E-state index is 0.0475. The van der Waals surface area contributed by atoms with E-state index in [0.29, 0.717) is 18.3 Å². The van der Waals surface area contributed by atoms with Gasteiger partial charge in [-0.3, -0.25) is 4.79 Å². The standard InChI is InChI=1S/C20H26N4O/c1-23-9-8-22-20(23)18-14-21-7-10-24(18)19(25)13-15-11-17(12-15)16-5-3-2-4-6-16/h2-6,8-9,15,17-18,21H,7,10-14H2,1H3. The second-order valence-corrected chi connectivity index (χ2v) is 7.35. The Hall–Kier alpha value is -2.14. The number of piperazine rings is 1. The number of benzene rings is 1. The number of aromatic nitrogens is 2. The Morgan fingerprint density at radius 1 is 1.28 bits per heavy atom. The van der Waals surface area contributed by atoms with E-state index in [-0.39, 0.29) is 11.9 Å². The molecule has 1 aliphatic carbocycles. The number of hydrogen-bond donors (Lipinski definition) is 1. The Labute approximate surface area is 149 Å². The molecule has 1 unspecified atom stereocenters. The first-order chi connectivity index (χ1) is 12.2. The van der Waals surface area contributed by atoms with Gasteiger partial charge in [-0.05, 0) is 30.2 Å². The Morgan fingerprint density at radius 3 is 2.80 bits per heavy atom. The molecular formula is C20H26N4O. The summed E-state index contributed by atoms with van der Waals surface area (Å²) in [6.45, 7) is 2.42. The van der Waals surface area contributed by atoms with Gasteiger partial charge in [-0.25, -0.2) is 4.98 Å². The quantitative estimate of drug-likeness (QED) is 0.932. The van der Waals surface area contributed by atoms with Crippen LogP contribution in [0, 0.1) is 5.92 Å². The summed E-state index contributed by atoms with van der Waals surface area (Å²) in [6.07, 6.45) is 6.69. The fraction of sp³-hybridized carbons (Fsp3) is 0.500. The monoisotopic (exact) mass is 338 g/mol. The predicted molar refractivity (Wildman–Crippen MR) is 97.1 cm³/mol. The number of nitrogens with one attached hydrogen (secondary N) is 1. The van der Waals surface area contributed by atoms with Gasteiger partial charge >= 0.3 is 0 Å². The van der Waals surface area contributed by atoms with E-state index in [1.165, 1.54) is 5.56 Å². The van der Waals surface area contributed by atoms with Gasteiger partial charge in [-0.1, -0.05) is 30.3 Å². The highest BCUT2D eigenvalue weighted by molar-refractivity contribution is 5.77. The molecule has 1 N–H and O–H groups in total. The van der Waals surface area contributed by atoms with Crippen LogP contribution in [-0.4, -0.2) is 40.0 Å². The van der Waals surface area contributed by atoms with Gasteiger partial charge in [0.05, 0.1) is 0 Å². The van der Waals surface area contributed by atoms with Crippen LogP contribution >= 0.6 is 0 Å². The van der Waals surface area contributed by atoms with Gasteiger partial charge in [0.2, 0.25) is 5.91 Å². The third kappa shape index (κ3) is 3.33. The van der Waals surface area contributed by atoms with Crippen LogP contribution < -0.4 is 5.32 Å². The fourth-order valence-corrected chi connectivity index (χ4v) is 4.20. The first-order valence-electron chi connectivity index (χ1n) is 9.24. The molecule has 5 heteroatoms. The zero-order valence-electron chi connectivity index (χ0n) is 14.8. The lowest BCUT2D eigenvalue weighted by Crippen LogP contribution is -2.50. The Balaban J connectivity index is 1.37. The van der Waals surface area contributed by atoms with Crippen molar-refractivity contribution >= 4 is 5.91 Å². The van der Waals surface area contributed by atoms with Gasteiger partial charge in [-0.2, -0.15) is 0 Å².